The number of benzene rings is 1. The summed E-state index contributed by atoms with van der Waals surface area (Å²) in [6.45, 7) is 3.88. The molecule has 0 radical (unpaired) electrons. The summed E-state index contributed by atoms with van der Waals surface area (Å²) in [5, 5.41) is 10.1. The molecule has 0 aliphatic carbocycles. The Labute approximate surface area is 139 Å². The number of carbonyl (C=O) groups excluding carboxylic acids is 1. The van der Waals surface area contributed by atoms with Crippen LogP contribution < -0.4 is 5.32 Å². The van der Waals surface area contributed by atoms with Gasteiger partial charge < -0.3 is 5.32 Å². The van der Waals surface area contributed by atoms with Crippen molar-refractivity contribution in [2.24, 2.45) is 0 Å². The minimum Gasteiger partial charge on any atom is -0.311 e. The average molecular weight is 326 g/mol. The van der Waals surface area contributed by atoms with Gasteiger partial charge in [-0.15, -0.1) is 11.3 Å². The predicted molar refractivity (Wildman–Crippen MR) is 92.9 cm³/mol. The number of nitrogens with one attached hydrogen (secondary N) is 1. The van der Waals surface area contributed by atoms with Crippen LogP contribution in [-0.4, -0.2) is 20.7 Å². The molecule has 0 fully saturated rings. The van der Waals surface area contributed by atoms with Gasteiger partial charge in [0.1, 0.15) is 5.82 Å². The summed E-state index contributed by atoms with van der Waals surface area (Å²) in [5.41, 5.74) is 2.81. The summed E-state index contributed by atoms with van der Waals surface area (Å²) in [7, 11) is 0. The normalized spacial score (nSPS) is 10.7. The van der Waals surface area contributed by atoms with E-state index in [-0.39, 0.29) is 5.91 Å². The summed E-state index contributed by atoms with van der Waals surface area (Å²) in [6.07, 6.45) is 1.31. The van der Waals surface area contributed by atoms with Gasteiger partial charge in [0.15, 0.2) is 0 Å². The number of hydrogen-bond donors (Lipinski definition) is 1. The molecule has 0 aliphatic rings. The second-order valence-corrected chi connectivity index (χ2v) is 6.10. The minimum atomic E-state index is -0.00603. The second kappa shape index (κ2) is 6.75. The molecule has 3 rings (SSSR count). The third kappa shape index (κ3) is 3.48. The van der Waals surface area contributed by atoms with Gasteiger partial charge in [0.25, 0.3) is 0 Å². The first-order valence-electron chi connectivity index (χ1n) is 7.55. The topological polar surface area (TPSA) is 59.8 Å². The highest BCUT2D eigenvalue weighted by atomic mass is 32.1. The van der Waals surface area contributed by atoms with Crippen LogP contribution in [0.2, 0.25) is 0 Å². The number of nitrogens with zero attached hydrogens (tertiary/aromatic N) is 3. The zero-order valence-corrected chi connectivity index (χ0v) is 13.9. The van der Waals surface area contributed by atoms with Crippen molar-refractivity contribution in [2.75, 3.05) is 5.32 Å². The van der Waals surface area contributed by atoms with Crippen molar-refractivity contribution in [3.05, 3.63) is 47.5 Å². The number of hydrogen-bond acceptors (Lipinski definition) is 4. The molecule has 5 nitrogen and oxygen atoms in total. The van der Waals surface area contributed by atoms with E-state index in [9.17, 15) is 4.79 Å². The van der Waals surface area contributed by atoms with Crippen LogP contribution in [0.3, 0.4) is 0 Å². The molecule has 0 bridgehead atoms. The molecule has 2 aromatic heterocycles. The van der Waals surface area contributed by atoms with Crippen LogP contribution >= 0.6 is 11.3 Å². The van der Waals surface area contributed by atoms with E-state index in [1.165, 1.54) is 11.3 Å². The molecule has 0 saturated heterocycles. The Bertz CT molecular complexity index is 807. The van der Waals surface area contributed by atoms with Crippen molar-refractivity contribution in [3.8, 4) is 16.4 Å². The van der Waals surface area contributed by atoms with Crippen molar-refractivity contribution in [2.45, 2.75) is 26.7 Å². The van der Waals surface area contributed by atoms with Crippen LogP contribution in [0.15, 0.2) is 41.8 Å². The molecular formula is C17H18N4OS. The number of rotatable bonds is 5. The van der Waals surface area contributed by atoms with Crippen LogP contribution in [-0.2, 0) is 4.79 Å². The van der Waals surface area contributed by atoms with E-state index in [4.69, 9.17) is 0 Å². The first kappa shape index (κ1) is 15.4. The molecule has 23 heavy (non-hydrogen) atoms. The van der Waals surface area contributed by atoms with Gasteiger partial charge in [0.05, 0.1) is 11.4 Å². The Kier molecular flexibility index (Phi) is 4.52. The molecule has 0 spiro atoms. The van der Waals surface area contributed by atoms with Crippen molar-refractivity contribution >= 4 is 23.1 Å². The Balaban J connectivity index is 1.90. The molecule has 118 valence electrons. The molecule has 0 saturated carbocycles. The Morgan fingerprint density at radius 2 is 2.09 bits per heavy atom. The van der Waals surface area contributed by atoms with Crippen molar-refractivity contribution in [3.63, 3.8) is 0 Å². The number of carbonyl (C=O) groups is 1. The molecule has 0 atom stereocenters. The van der Waals surface area contributed by atoms with Gasteiger partial charge in [-0.05, 0) is 13.3 Å². The quantitative estimate of drug-likeness (QED) is 0.769. The fourth-order valence-corrected chi connectivity index (χ4v) is 3.07. The molecule has 1 N–H and O–H groups in total. The average Bonchev–Trinajstić information content (AvgIpc) is 3.15. The minimum absolute atomic E-state index is 0.00603. The number of thiazole rings is 1. The van der Waals surface area contributed by atoms with Crippen LogP contribution in [0.25, 0.3) is 16.4 Å². The number of aryl methyl sites for hydroxylation is 1. The summed E-state index contributed by atoms with van der Waals surface area (Å²) >= 11 is 1.50. The molecule has 6 heteroatoms. The summed E-state index contributed by atoms with van der Waals surface area (Å²) in [6, 6.07) is 11.9. The van der Waals surface area contributed by atoms with Gasteiger partial charge in [-0.2, -0.15) is 9.78 Å². The number of amides is 1. The highest BCUT2D eigenvalue weighted by molar-refractivity contribution is 7.12. The van der Waals surface area contributed by atoms with Gasteiger partial charge in [-0.3, -0.25) is 4.79 Å². The summed E-state index contributed by atoms with van der Waals surface area (Å²) in [4.78, 5) is 16.5. The van der Waals surface area contributed by atoms with E-state index in [1.807, 2.05) is 55.6 Å². The Hall–Kier alpha value is -2.47. The van der Waals surface area contributed by atoms with Crippen molar-refractivity contribution in [1.82, 2.24) is 14.8 Å². The molecule has 3 aromatic rings. The third-order valence-corrected chi connectivity index (χ3v) is 4.14. The molecule has 0 aliphatic heterocycles. The highest BCUT2D eigenvalue weighted by Gasteiger charge is 2.14. The van der Waals surface area contributed by atoms with E-state index in [0.29, 0.717) is 12.2 Å². The maximum absolute atomic E-state index is 11.9. The van der Waals surface area contributed by atoms with Crippen LogP contribution in [0.1, 0.15) is 25.5 Å². The molecule has 2 heterocycles. The SMILES string of the molecule is CCCC(=O)Nc1cc(C)nn1-c1nc(-c2ccccc2)cs1. The standard InChI is InChI=1S/C17H18N4OS/c1-3-7-16(22)19-15-10-12(2)20-21(15)17-18-14(11-23-17)13-8-5-4-6-9-13/h4-6,8-11H,3,7H2,1-2H3,(H,19,22). The maximum atomic E-state index is 11.9. The molecular weight excluding hydrogens is 308 g/mol. The van der Waals surface area contributed by atoms with E-state index in [0.717, 1.165) is 28.5 Å². The number of aromatic nitrogens is 3. The van der Waals surface area contributed by atoms with Crippen LogP contribution in [0.4, 0.5) is 5.82 Å². The van der Waals surface area contributed by atoms with Gasteiger partial charge in [0, 0.05) is 23.4 Å². The lowest BCUT2D eigenvalue weighted by molar-refractivity contribution is -0.116. The fraction of sp³-hybridized carbons (Fsp3) is 0.235. The Morgan fingerprint density at radius 3 is 2.83 bits per heavy atom. The first-order chi connectivity index (χ1) is 11.2. The summed E-state index contributed by atoms with van der Waals surface area (Å²) < 4.78 is 1.69. The molecule has 1 aromatic carbocycles. The molecule has 1 amide bonds. The first-order valence-corrected chi connectivity index (χ1v) is 8.43. The van der Waals surface area contributed by atoms with E-state index < -0.39 is 0 Å². The van der Waals surface area contributed by atoms with Gasteiger partial charge >= 0.3 is 0 Å². The zero-order chi connectivity index (χ0) is 16.2. The van der Waals surface area contributed by atoms with Gasteiger partial charge in [-0.1, -0.05) is 37.3 Å². The van der Waals surface area contributed by atoms with Crippen LogP contribution in [0.5, 0.6) is 0 Å². The smallest absolute Gasteiger partial charge is 0.225 e. The van der Waals surface area contributed by atoms with Gasteiger partial charge in [-0.25, -0.2) is 4.98 Å². The predicted octanol–water partition coefficient (Wildman–Crippen LogP) is 4.04. The second-order valence-electron chi connectivity index (χ2n) is 5.26. The van der Waals surface area contributed by atoms with E-state index >= 15 is 0 Å². The Morgan fingerprint density at radius 1 is 1.30 bits per heavy atom. The third-order valence-electron chi connectivity index (χ3n) is 3.32. The lowest BCUT2D eigenvalue weighted by Crippen LogP contribution is -2.14. The van der Waals surface area contributed by atoms with Crippen molar-refractivity contribution in [1.29, 1.82) is 0 Å². The van der Waals surface area contributed by atoms with Crippen molar-refractivity contribution < 1.29 is 4.79 Å². The lowest BCUT2D eigenvalue weighted by Gasteiger charge is -2.05. The molecule has 0 unspecified atom stereocenters. The maximum Gasteiger partial charge on any atom is 0.225 e. The monoisotopic (exact) mass is 326 g/mol. The zero-order valence-electron chi connectivity index (χ0n) is 13.1. The largest absolute Gasteiger partial charge is 0.311 e. The number of anilines is 1. The van der Waals surface area contributed by atoms with Crippen LogP contribution in [0, 0.1) is 6.92 Å². The summed E-state index contributed by atoms with van der Waals surface area (Å²) in [5.74, 6) is 0.656. The highest BCUT2D eigenvalue weighted by Crippen LogP contribution is 2.26. The fourth-order valence-electron chi connectivity index (χ4n) is 2.27. The lowest BCUT2D eigenvalue weighted by atomic mass is 10.2. The van der Waals surface area contributed by atoms with Gasteiger partial charge in [0.2, 0.25) is 11.0 Å². The van der Waals surface area contributed by atoms with E-state index in [2.05, 4.69) is 15.4 Å². The van der Waals surface area contributed by atoms with E-state index in [1.54, 1.807) is 4.68 Å².